The minimum Gasteiger partial charge on any atom is -0.386 e. The van der Waals surface area contributed by atoms with Crippen LogP contribution in [-0.4, -0.2) is 37.9 Å². The van der Waals surface area contributed by atoms with E-state index in [4.69, 9.17) is 5.73 Å². The van der Waals surface area contributed by atoms with Crippen molar-refractivity contribution in [1.82, 2.24) is 0 Å². The highest BCUT2D eigenvalue weighted by molar-refractivity contribution is 5.81. The molecule has 0 aromatic rings. The monoisotopic (exact) mass is 230 g/mol. The van der Waals surface area contributed by atoms with Gasteiger partial charge in [0.05, 0.1) is 0 Å². The molecule has 3 nitrogen and oxygen atoms in total. The van der Waals surface area contributed by atoms with Crippen LogP contribution >= 0.6 is 0 Å². The van der Waals surface area contributed by atoms with Gasteiger partial charge < -0.3 is 10.5 Å². The van der Waals surface area contributed by atoms with Crippen LogP contribution in [0.15, 0.2) is 4.99 Å². The summed E-state index contributed by atoms with van der Waals surface area (Å²) in [6, 6.07) is 0. The zero-order valence-corrected chi connectivity index (χ0v) is 8.35. The lowest BCUT2D eigenvalue weighted by molar-refractivity contribution is -0.162. The van der Waals surface area contributed by atoms with E-state index in [9.17, 15) is 17.6 Å². The smallest absolute Gasteiger partial charge is 0.330 e. The molecule has 0 aromatic carbocycles. The van der Waals surface area contributed by atoms with Crippen LogP contribution in [0.25, 0.3) is 0 Å². The van der Waals surface area contributed by atoms with Crippen molar-refractivity contribution >= 4 is 5.84 Å². The number of nitrogens with two attached hydrogens (primary N) is 1. The number of hydrogen-bond acceptors (Lipinski definition) is 2. The van der Waals surface area contributed by atoms with E-state index >= 15 is 0 Å². The third kappa shape index (κ3) is 6.27. The fourth-order valence-electron chi connectivity index (χ4n) is 0.656. The molecule has 0 atom stereocenters. The molecule has 90 valence electrons. The summed E-state index contributed by atoms with van der Waals surface area (Å²) in [5, 5.41) is 0. The summed E-state index contributed by atoms with van der Waals surface area (Å²) >= 11 is 0. The topological polar surface area (TPSA) is 47.6 Å². The second-order valence-corrected chi connectivity index (χ2v) is 2.93. The standard InChI is InChI=1S/C8H14F4N2O/c1-2-3-14-6(13)4-15-5-8(11,12)7(9)10/h7H,2-5H2,1H3,(H2,13,14). The van der Waals surface area contributed by atoms with Crippen LogP contribution in [0.2, 0.25) is 0 Å². The first kappa shape index (κ1) is 14.2. The molecule has 0 aliphatic heterocycles. The Morgan fingerprint density at radius 2 is 2.07 bits per heavy atom. The number of alkyl halides is 4. The number of ether oxygens (including phenoxy) is 1. The summed E-state index contributed by atoms with van der Waals surface area (Å²) in [6.45, 7) is 0.609. The van der Waals surface area contributed by atoms with Crippen molar-refractivity contribution in [3.05, 3.63) is 0 Å². The van der Waals surface area contributed by atoms with Crippen molar-refractivity contribution in [3.63, 3.8) is 0 Å². The Kier molecular flexibility index (Phi) is 6.23. The molecular weight excluding hydrogens is 216 g/mol. The van der Waals surface area contributed by atoms with Gasteiger partial charge in [-0.05, 0) is 6.42 Å². The Labute approximate surface area is 85.3 Å². The summed E-state index contributed by atoms with van der Waals surface area (Å²) in [7, 11) is 0. The predicted molar refractivity (Wildman–Crippen MR) is 48.6 cm³/mol. The van der Waals surface area contributed by atoms with Gasteiger partial charge in [-0.3, -0.25) is 4.99 Å². The van der Waals surface area contributed by atoms with Gasteiger partial charge in [-0.15, -0.1) is 0 Å². The molecule has 0 aliphatic rings. The molecule has 0 radical (unpaired) electrons. The number of aliphatic imine (C=N–C) groups is 1. The molecule has 0 saturated carbocycles. The Hall–Kier alpha value is -0.850. The second kappa shape index (κ2) is 6.60. The molecule has 0 amide bonds. The number of rotatable bonds is 7. The molecular formula is C8H14F4N2O. The summed E-state index contributed by atoms with van der Waals surface area (Å²) in [6.07, 6.45) is -2.97. The summed E-state index contributed by atoms with van der Waals surface area (Å²) < 4.78 is 52.2. The van der Waals surface area contributed by atoms with Crippen molar-refractivity contribution in [2.75, 3.05) is 19.8 Å². The van der Waals surface area contributed by atoms with Crippen LogP contribution in [0.4, 0.5) is 17.6 Å². The maximum atomic E-state index is 12.3. The van der Waals surface area contributed by atoms with Gasteiger partial charge in [-0.2, -0.15) is 8.78 Å². The van der Waals surface area contributed by atoms with Crippen LogP contribution in [0.5, 0.6) is 0 Å². The minimum absolute atomic E-state index is 0.0296. The molecule has 0 spiro atoms. The van der Waals surface area contributed by atoms with Crippen molar-refractivity contribution in [2.24, 2.45) is 10.7 Å². The Morgan fingerprint density at radius 1 is 1.47 bits per heavy atom. The van der Waals surface area contributed by atoms with Crippen LogP contribution in [0, 0.1) is 0 Å². The lowest BCUT2D eigenvalue weighted by atomic mass is 10.4. The van der Waals surface area contributed by atoms with E-state index in [2.05, 4.69) is 9.73 Å². The van der Waals surface area contributed by atoms with Gasteiger partial charge >= 0.3 is 12.3 Å². The van der Waals surface area contributed by atoms with Gasteiger partial charge in [0, 0.05) is 6.54 Å². The van der Waals surface area contributed by atoms with Crippen LogP contribution in [0.3, 0.4) is 0 Å². The van der Waals surface area contributed by atoms with Crippen molar-refractivity contribution in [2.45, 2.75) is 25.7 Å². The van der Waals surface area contributed by atoms with Crippen LogP contribution in [-0.2, 0) is 4.74 Å². The number of amidine groups is 1. The Bertz CT molecular complexity index is 209. The second-order valence-electron chi connectivity index (χ2n) is 2.93. The lowest BCUT2D eigenvalue weighted by Crippen LogP contribution is -2.34. The maximum Gasteiger partial charge on any atom is 0.330 e. The first-order chi connectivity index (χ1) is 6.90. The quantitative estimate of drug-likeness (QED) is 0.411. The van der Waals surface area contributed by atoms with Gasteiger partial charge in [0.15, 0.2) is 0 Å². The molecule has 0 aliphatic carbocycles. The first-order valence-corrected chi connectivity index (χ1v) is 4.42. The SMILES string of the molecule is CCCN=C(N)COCC(F)(F)C(F)F. The maximum absolute atomic E-state index is 12.3. The van der Waals surface area contributed by atoms with E-state index < -0.39 is 19.0 Å². The molecule has 0 heterocycles. The molecule has 0 bridgehead atoms. The van der Waals surface area contributed by atoms with Gasteiger partial charge in [-0.1, -0.05) is 6.92 Å². The molecule has 0 unspecified atom stereocenters. The molecule has 2 N–H and O–H groups in total. The van der Waals surface area contributed by atoms with Gasteiger partial charge in [-0.25, -0.2) is 8.78 Å². The predicted octanol–water partition coefficient (Wildman–Crippen LogP) is 1.67. The highest BCUT2D eigenvalue weighted by atomic mass is 19.3. The molecule has 0 saturated heterocycles. The Morgan fingerprint density at radius 3 is 2.53 bits per heavy atom. The largest absolute Gasteiger partial charge is 0.386 e. The molecule has 7 heteroatoms. The van der Waals surface area contributed by atoms with Gasteiger partial charge in [0.2, 0.25) is 0 Å². The summed E-state index contributed by atoms with van der Waals surface area (Å²) in [5.41, 5.74) is 5.26. The summed E-state index contributed by atoms with van der Waals surface area (Å²) in [4.78, 5) is 3.74. The van der Waals surface area contributed by atoms with E-state index in [-0.39, 0.29) is 12.4 Å². The van der Waals surface area contributed by atoms with E-state index in [1.54, 1.807) is 0 Å². The van der Waals surface area contributed by atoms with Crippen molar-refractivity contribution < 1.29 is 22.3 Å². The van der Waals surface area contributed by atoms with Crippen molar-refractivity contribution in [1.29, 1.82) is 0 Å². The van der Waals surface area contributed by atoms with E-state index in [0.29, 0.717) is 6.54 Å². The molecule has 0 aromatic heterocycles. The molecule has 15 heavy (non-hydrogen) atoms. The zero-order chi connectivity index (χ0) is 11.9. The lowest BCUT2D eigenvalue weighted by Gasteiger charge is -2.14. The van der Waals surface area contributed by atoms with E-state index in [1.807, 2.05) is 6.92 Å². The average molecular weight is 230 g/mol. The van der Waals surface area contributed by atoms with Crippen LogP contribution < -0.4 is 5.73 Å². The van der Waals surface area contributed by atoms with Crippen LogP contribution in [0.1, 0.15) is 13.3 Å². The average Bonchev–Trinajstić information content (AvgIpc) is 2.14. The van der Waals surface area contributed by atoms with E-state index in [1.165, 1.54) is 0 Å². The molecule has 0 rings (SSSR count). The fraction of sp³-hybridized carbons (Fsp3) is 0.875. The number of hydrogen-bond donors (Lipinski definition) is 1. The first-order valence-electron chi connectivity index (χ1n) is 4.42. The van der Waals surface area contributed by atoms with Crippen molar-refractivity contribution in [3.8, 4) is 0 Å². The third-order valence-electron chi connectivity index (χ3n) is 1.40. The summed E-state index contributed by atoms with van der Waals surface area (Å²) in [5.74, 6) is -4.10. The highest BCUT2D eigenvalue weighted by Gasteiger charge is 2.40. The van der Waals surface area contributed by atoms with E-state index in [0.717, 1.165) is 6.42 Å². The number of halogens is 4. The Balaban J connectivity index is 3.79. The fourth-order valence-corrected chi connectivity index (χ4v) is 0.656. The highest BCUT2D eigenvalue weighted by Crippen LogP contribution is 2.22. The normalized spacial score (nSPS) is 13.6. The zero-order valence-electron chi connectivity index (χ0n) is 8.35. The van der Waals surface area contributed by atoms with Gasteiger partial charge in [0.1, 0.15) is 19.0 Å². The minimum atomic E-state index is -4.13. The number of nitrogens with zero attached hydrogens (tertiary/aromatic N) is 1. The van der Waals surface area contributed by atoms with Gasteiger partial charge in [0.25, 0.3) is 0 Å². The third-order valence-corrected chi connectivity index (χ3v) is 1.40. The molecule has 0 fully saturated rings.